The third kappa shape index (κ3) is 5.14. The summed E-state index contributed by atoms with van der Waals surface area (Å²) in [6.07, 6.45) is 4.91. The van der Waals surface area contributed by atoms with Gasteiger partial charge in [-0.2, -0.15) is 0 Å². The van der Waals surface area contributed by atoms with Gasteiger partial charge in [-0.05, 0) is 50.1 Å². The van der Waals surface area contributed by atoms with Crippen molar-refractivity contribution in [3.8, 4) is 11.1 Å². The number of amides is 1. The lowest BCUT2D eigenvalue weighted by Crippen LogP contribution is -2.35. The Morgan fingerprint density at radius 1 is 1.04 bits per heavy atom. The quantitative estimate of drug-likeness (QED) is 0.629. The zero-order valence-corrected chi connectivity index (χ0v) is 16.4. The van der Waals surface area contributed by atoms with Gasteiger partial charge in [0, 0.05) is 41.9 Å². The smallest absolute Gasteiger partial charge is 0.259 e. The third-order valence-electron chi connectivity index (χ3n) is 4.21. The van der Waals surface area contributed by atoms with Gasteiger partial charge in [0.1, 0.15) is 5.82 Å². The standard InChI is InChI=1S/C22H25N5O/c1-22(2,3)26-13-15-4-6-16(7-5-15)17-12-19(20(23)25-14-17)21(28)27-18-8-10-24-11-9-18/h4-12,14,26H,13H2,1-3H3,(H2,23,25)(H,24,27,28). The fourth-order valence-corrected chi connectivity index (χ4v) is 2.63. The van der Waals surface area contributed by atoms with Crippen LogP contribution in [0.25, 0.3) is 11.1 Å². The first-order valence-electron chi connectivity index (χ1n) is 9.13. The van der Waals surface area contributed by atoms with Gasteiger partial charge in [0.15, 0.2) is 0 Å². The molecule has 6 nitrogen and oxygen atoms in total. The summed E-state index contributed by atoms with van der Waals surface area (Å²) in [7, 11) is 0. The number of anilines is 2. The van der Waals surface area contributed by atoms with Crippen molar-refractivity contribution in [2.75, 3.05) is 11.1 Å². The fraction of sp³-hybridized carbons (Fsp3) is 0.227. The minimum Gasteiger partial charge on any atom is -0.383 e. The third-order valence-corrected chi connectivity index (χ3v) is 4.21. The highest BCUT2D eigenvalue weighted by molar-refractivity contribution is 6.07. The molecule has 0 saturated heterocycles. The number of nitrogens with one attached hydrogen (secondary N) is 2. The summed E-state index contributed by atoms with van der Waals surface area (Å²) >= 11 is 0. The van der Waals surface area contributed by atoms with Gasteiger partial charge in [-0.1, -0.05) is 24.3 Å². The molecule has 0 aliphatic carbocycles. The number of benzene rings is 1. The maximum absolute atomic E-state index is 12.6. The second-order valence-corrected chi connectivity index (χ2v) is 7.65. The molecule has 0 atom stereocenters. The monoisotopic (exact) mass is 375 g/mol. The summed E-state index contributed by atoms with van der Waals surface area (Å²) < 4.78 is 0. The van der Waals surface area contributed by atoms with Crippen LogP contribution in [0.4, 0.5) is 11.5 Å². The Balaban J connectivity index is 1.78. The Labute approximate surface area is 165 Å². The number of aromatic nitrogens is 2. The predicted molar refractivity (Wildman–Crippen MR) is 113 cm³/mol. The van der Waals surface area contributed by atoms with Gasteiger partial charge in [-0.15, -0.1) is 0 Å². The molecule has 6 heteroatoms. The van der Waals surface area contributed by atoms with E-state index in [2.05, 4.69) is 53.5 Å². The maximum Gasteiger partial charge on any atom is 0.259 e. The lowest BCUT2D eigenvalue weighted by atomic mass is 10.0. The number of carbonyl (C=O) groups is 1. The van der Waals surface area contributed by atoms with E-state index in [1.165, 1.54) is 5.56 Å². The van der Waals surface area contributed by atoms with Gasteiger partial charge in [-0.25, -0.2) is 4.98 Å². The van der Waals surface area contributed by atoms with Crippen molar-refractivity contribution in [2.45, 2.75) is 32.9 Å². The second kappa shape index (κ2) is 8.19. The molecule has 0 spiro atoms. The Morgan fingerprint density at radius 3 is 2.36 bits per heavy atom. The summed E-state index contributed by atoms with van der Waals surface area (Å²) in [5.74, 6) is -0.106. The zero-order chi connectivity index (χ0) is 20.1. The number of nitrogen functional groups attached to an aromatic ring is 1. The highest BCUT2D eigenvalue weighted by Gasteiger charge is 2.13. The normalized spacial score (nSPS) is 11.2. The van der Waals surface area contributed by atoms with E-state index in [9.17, 15) is 4.79 Å². The molecule has 0 fully saturated rings. The Hall–Kier alpha value is -3.25. The van der Waals surface area contributed by atoms with E-state index in [1.54, 1.807) is 36.8 Å². The van der Waals surface area contributed by atoms with Crippen molar-refractivity contribution in [1.29, 1.82) is 0 Å². The van der Waals surface area contributed by atoms with Gasteiger partial charge < -0.3 is 16.4 Å². The Kier molecular flexibility index (Phi) is 5.70. The number of pyridine rings is 2. The lowest BCUT2D eigenvalue weighted by molar-refractivity contribution is 0.102. The largest absolute Gasteiger partial charge is 0.383 e. The molecule has 0 aliphatic rings. The molecule has 28 heavy (non-hydrogen) atoms. The van der Waals surface area contributed by atoms with Crippen LogP contribution in [0.3, 0.4) is 0 Å². The summed E-state index contributed by atoms with van der Waals surface area (Å²) in [5.41, 5.74) is 10.0. The molecule has 0 bridgehead atoms. The summed E-state index contributed by atoms with van der Waals surface area (Å²) in [6.45, 7) is 7.21. The molecule has 0 unspecified atom stereocenters. The van der Waals surface area contributed by atoms with Gasteiger partial charge in [-0.3, -0.25) is 9.78 Å². The number of hydrogen-bond acceptors (Lipinski definition) is 5. The minimum absolute atomic E-state index is 0.0661. The number of carbonyl (C=O) groups excluding carboxylic acids is 1. The highest BCUT2D eigenvalue weighted by Crippen LogP contribution is 2.23. The summed E-state index contributed by atoms with van der Waals surface area (Å²) in [4.78, 5) is 20.7. The van der Waals surface area contributed by atoms with Crippen LogP contribution >= 0.6 is 0 Å². The van der Waals surface area contributed by atoms with Crippen molar-refractivity contribution in [2.24, 2.45) is 0 Å². The molecule has 3 rings (SSSR count). The van der Waals surface area contributed by atoms with E-state index in [-0.39, 0.29) is 17.3 Å². The van der Waals surface area contributed by atoms with E-state index < -0.39 is 0 Å². The lowest BCUT2D eigenvalue weighted by Gasteiger charge is -2.20. The molecular formula is C22H25N5O. The van der Waals surface area contributed by atoms with E-state index >= 15 is 0 Å². The van der Waals surface area contributed by atoms with E-state index in [0.717, 1.165) is 17.7 Å². The molecule has 3 aromatic rings. The Morgan fingerprint density at radius 2 is 1.71 bits per heavy atom. The van der Waals surface area contributed by atoms with Crippen molar-refractivity contribution >= 4 is 17.4 Å². The summed E-state index contributed by atoms with van der Waals surface area (Å²) in [5, 5.41) is 6.28. The van der Waals surface area contributed by atoms with Gasteiger partial charge in [0.25, 0.3) is 5.91 Å². The molecule has 2 aromatic heterocycles. The van der Waals surface area contributed by atoms with Crippen molar-refractivity contribution in [1.82, 2.24) is 15.3 Å². The SMILES string of the molecule is CC(C)(C)NCc1ccc(-c2cnc(N)c(C(=O)Nc3ccncc3)c2)cc1. The van der Waals surface area contributed by atoms with E-state index in [0.29, 0.717) is 11.3 Å². The van der Waals surface area contributed by atoms with Gasteiger partial charge >= 0.3 is 0 Å². The first-order chi connectivity index (χ1) is 13.3. The average molecular weight is 375 g/mol. The van der Waals surface area contributed by atoms with Crippen molar-refractivity contribution in [3.05, 3.63) is 72.2 Å². The minimum atomic E-state index is -0.302. The molecule has 1 amide bonds. The highest BCUT2D eigenvalue weighted by atomic mass is 16.1. The van der Waals surface area contributed by atoms with Gasteiger partial charge in [0.2, 0.25) is 0 Å². The van der Waals surface area contributed by atoms with Crippen LogP contribution in [-0.2, 0) is 6.54 Å². The van der Waals surface area contributed by atoms with Crippen LogP contribution in [0.2, 0.25) is 0 Å². The number of nitrogens with zero attached hydrogens (tertiary/aromatic N) is 2. The van der Waals surface area contributed by atoms with Crippen LogP contribution in [0.5, 0.6) is 0 Å². The molecule has 0 radical (unpaired) electrons. The van der Waals surface area contributed by atoms with Crippen LogP contribution in [-0.4, -0.2) is 21.4 Å². The zero-order valence-electron chi connectivity index (χ0n) is 16.4. The number of rotatable bonds is 5. The molecule has 1 aromatic carbocycles. The van der Waals surface area contributed by atoms with Crippen LogP contribution in [0.1, 0.15) is 36.7 Å². The molecule has 0 saturated carbocycles. The maximum atomic E-state index is 12.6. The topological polar surface area (TPSA) is 92.9 Å². The predicted octanol–water partition coefficient (Wildman–Crippen LogP) is 3.87. The number of nitrogens with two attached hydrogens (primary N) is 1. The van der Waals surface area contributed by atoms with Gasteiger partial charge in [0.05, 0.1) is 5.56 Å². The molecule has 2 heterocycles. The van der Waals surface area contributed by atoms with E-state index in [1.807, 2.05) is 12.1 Å². The molecule has 144 valence electrons. The molecular weight excluding hydrogens is 350 g/mol. The van der Waals surface area contributed by atoms with E-state index in [4.69, 9.17) is 5.73 Å². The summed E-state index contributed by atoms with van der Waals surface area (Å²) in [6, 6.07) is 13.4. The molecule has 4 N–H and O–H groups in total. The fourth-order valence-electron chi connectivity index (χ4n) is 2.63. The van der Waals surface area contributed by atoms with Crippen LogP contribution in [0.15, 0.2) is 61.1 Å². The second-order valence-electron chi connectivity index (χ2n) is 7.65. The first kappa shape index (κ1) is 19.5. The first-order valence-corrected chi connectivity index (χ1v) is 9.13. The van der Waals surface area contributed by atoms with Crippen LogP contribution in [0, 0.1) is 0 Å². The van der Waals surface area contributed by atoms with Crippen molar-refractivity contribution < 1.29 is 4.79 Å². The van der Waals surface area contributed by atoms with Crippen LogP contribution < -0.4 is 16.4 Å². The average Bonchev–Trinajstić information content (AvgIpc) is 2.67. The number of hydrogen-bond donors (Lipinski definition) is 3. The Bertz CT molecular complexity index is 947. The molecule has 0 aliphatic heterocycles. The van der Waals surface area contributed by atoms with Crippen molar-refractivity contribution in [3.63, 3.8) is 0 Å².